The van der Waals surface area contributed by atoms with Gasteiger partial charge in [0.15, 0.2) is 0 Å². The zero-order chi connectivity index (χ0) is 15.1. The maximum Gasteiger partial charge on any atom is 0.119 e. The van der Waals surface area contributed by atoms with Gasteiger partial charge in [0.1, 0.15) is 18.1 Å². The first-order valence-corrected chi connectivity index (χ1v) is 7.81. The van der Waals surface area contributed by atoms with Crippen LogP contribution in [0, 0.1) is 5.41 Å². The number of methoxy groups -OCH3 is 1. The number of hydrogen-bond donors (Lipinski definition) is 1. The highest BCUT2D eigenvalue weighted by Gasteiger charge is 2.31. The van der Waals surface area contributed by atoms with E-state index in [4.69, 9.17) is 9.47 Å². The van der Waals surface area contributed by atoms with Gasteiger partial charge in [-0.15, -0.1) is 0 Å². The van der Waals surface area contributed by atoms with Crippen LogP contribution in [0.5, 0.6) is 11.5 Å². The first kappa shape index (κ1) is 16.1. The second-order valence-corrected chi connectivity index (χ2v) is 5.88. The first-order valence-electron chi connectivity index (χ1n) is 7.81. The van der Waals surface area contributed by atoms with Crippen LogP contribution in [0.1, 0.15) is 26.2 Å². The second-order valence-electron chi connectivity index (χ2n) is 5.88. The summed E-state index contributed by atoms with van der Waals surface area (Å²) in [5.74, 6) is 1.73. The van der Waals surface area contributed by atoms with E-state index in [0.29, 0.717) is 13.2 Å². The fraction of sp³-hybridized carbons (Fsp3) is 0.647. The number of piperidine rings is 1. The largest absolute Gasteiger partial charge is 0.497 e. The summed E-state index contributed by atoms with van der Waals surface area (Å²) in [6.07, 6.45) is 3.24. The Balaban J connectivity index is 1.70. The third kappa shape index (κ3) is 4.35. The van der Waals surface area contributed by atoms with Crippen LogP contribution in [0.25, 0.3) is 0 Å². The van der Waals surface area contributed by atoms with Crippen molar-refractivity contribution in [3.8, 4) is 11.5 Å². The highest BCUT2D eigenvalue weighted by Crippen LogP contribution is 2.33. The van der Waals surface area contributed by atoms with Crippen LogP contribution in [0.4, 0.5) is 0 Å². The molecule has 4 heteroatoms. The minimum absolute atomic E-state index is 0.160. The highest BCUT2D eigenvalue weighted by atomic mass is 16.5. The molecule has 21 heavy (non-hydrogen) atoms. The molecule has 1 saturated heterocycles. The van der Waals surface area contributed by atoms with Gasteiger partial charge >= 0.3 is 0 Å². The standard InChI is InChI=1S/C17H27NO3/c1-3-17(14-19)8-10-18(11-9-17)12-13-21-16-6-4-15(20-2)5-7-16/h4-7,19H,3,8-14H2,1-2H3. The van der Waals surface area contributed by atoms with Gasteiger partial charge in [-0.25, -0.2) is 0 Å². The third-order valence-electron chi connectivity index (χ3n) is 4.74. The van der Waals surface area contributed by atoms with E-state index in [2.05, 4.69) is 11.8 Å². The van der Waals surface area contributed by atoms with Gasteiger partial charge in [-0.3, -0.25) is 4.90 Å². The molecule has 2 rings (SSSR count). The Bertz CT molecular complexity index is 405. The van der Waals surface area contributed by atoms with Crippen LogP contribution in [0.15, 0.2) is 24.3 Å². The monoisotopic (exact) mass is 293 g/mol. The van der Waals surface area contributed by atoms with Gasteiger partial charge in [0, 0.05) is 13.2 Å². The molecule has 0 atom stereocenters. The van der Waals surface area contributed by atoms with Gasteiger partial charge in [-0.05, 0) is 62.0 Å². The molecule has 0 aliphatic carbocycles. The summed E-state index contributed by atoms with van der Waals surface area (Å²) in [5.41, 5.74) is 0.160. The van der Waals surface area contributed by atoms with E-state index in [1.165, 1.54) is 0 Å². The number of hydrogen-bond acceptors (Lipinski definition) is 4. The van der Waals surface area contributed by atoms with Crippen molar-refractivity contribution >= 4 is 0 Å². The number of likely N-dealkylation sites (tertiary alicyclic amines) is 1. The van der Waals surface area contributed by atoms with E-state index in [1.54, 1.807) is 7.11 Å². The van der Waals surface area contributed by atoms with Crippen molar-refractivity contribution in [2.75, 3.05) is 40.0 Å². The Hall–Kier alpha value is -1.26. The van der Waals surface area contributed by atoms with Crippen molar-refractivity contribution in [3.05, 3.63) is 24.3 Å². The highest BCUT2D eigenvalue weighted by molar-refractivity contribution is 5.31. The lowest BCUT2D eigenvalue weighted by Crippen LogP contribution is -2.43. The van der Waals surface area contributed by atoms with Gasteiger partial charge < -0.3 is 14.6 Å². The molecule has 1 fully saturated rings. The molecule has 0 bridgehead atoms. The summed E-state index contributed by atoms with van der Waals surface area (Å²) in [6.45, 7) is 6.25. The zero-order valence-electron chi connectivity index (χ0n) is 13.2. The van der Waals surface area contributed by atoms with E-state index in [9.17, 15) is 5.11 Å². The SMILES string of the molecule is CCC1(CO)CCN(CCOc2ccc(OC)cc2)CC1. The fourth-order valence-electron chi connectivity index (χ4n) is 2.84. The molecule has 1 aromatic rings. The molecule has 1 heterocycles. The predicted molar refractivity (Wildman–Crippen MR) is 84.0 cm³/mol. The molecule has 0 saturated carbocycles. The Kier molecular flexibility index (Phi) is 5.88. The molecule has 0 unspecified atom stereocenters. The van der Waals surface area contributed by atoms with E-state index >= 15 is 0 Å². The number of benzene rings is 1. The van der Waals surface area contributed by atoms with Crippen molar-refractivity contribution in [2.45, 2.75) is 26.2 Å². The Morgan fingerprint density at radius 3 is 2.29 bits per heavy atom. The number of aliphatic hydroxyl groups is 1. The predicted octanol–water partition coefficient (Wildman–Crippen LogP) is 2.56. The Labute approximate surface area is 127 Å². The molecule has 0 radical (unpaired) electrons. The van der Waals surface area contributed by atoms with E-state index in [-0.39, 0.29) is 5.41 Å². The Morgan fingerprint density at radius 2 is 1.76 bits per heavy atom. The van der Waals surface area contributed by atoms with Crippen LogP contribution < -0.4 is 9.47 Å². The van der Waals surface area contributed by atoms with Crippen molar-refractivity contribution in [3.63, 3.8) is 0 Å². The van der Waals surface area contributed by atoms with Gasteiger partial charge in [0.2, 0.25) is 0 Å². The molecule has 1 N–H and O–H groups in total. The van der Waals surface area contributed by atoms with Crippen LogP contribution in [0.2, 0.25) is 0 Å². The van der Waals surface area contributed by atoms with Crippen molar-refractivity contribution in [1.29, 1.82) is 0 Å². The molecular formula is C17H27NO3. The molecule has 118 valence electrons. The summed E-state index contributed by atoms with van der Waals surface area (Å²) >= 11 is 0. The number of nitrogens with zero attached hydrogens (tertiary/aromatic N) is 1. The molecule has 0 amide bonds. The smallest absolute Gasteiger partial charge is 0.119 e. The Morgan fingerprint density at radius 1 is 1.14 bits per heavy atom. The summed E-state index contributed by atoms with van der Waals surface area (Å²) in [4.78, 5) is 2.42. The lowest BCUT2D eigenvalue weighted by molar-refractivity contribution is 0.0366. The second kappa shape index (κ2) is 7.66. The summed E-state index contributed by atoms with van der Waals surface area (Å²) in [7, 11) is 1.66. The van der Waals surface area contributed by atoms with Gasteiger partial charge in [-0.1, -0.05) is 6.92 Å². The minimum Gasteiger partial charge on any atom is -0.497 e. The van der Waals surface area contributed by atoms with Gasteiger partial charge in [0.25, 0.3) is 0 Å². The van der Waals surface area contributed by atoms with Crippen molar-refractivity contribution < 1.29 is 14.6 Å². The normalized spacial score (nSPS) is 18.4. The zero-order valence-corrected chi connectivity index (χ0v) is 13.2. The molecule has 1 aromatic carbocycles. The average Bonchev–Trinajstić information content (AvgIpc) is 2.56. The van der Waals surface area contributed by atoms with Crippen molar-refractivity contribution in [1.82, 2.24) is 4.90 Å². The van der Waals surface area contributed by atoms with Crippen LogP contribution in [0.3, 0.4) is 0 Å². The molecule has 1 aliphatic heterocycles. The molecular weight excluding hydrogens is 266 g/mol. The van der Waals surface area contributed by atoms with Gasteiger partial charge in [0.05, 0.1) is 7.11 Å². The number of rotatable bonds is 7. The first-order chi connectivity index (χ1) is 10.2. The summed E-state index contributed by atoms with van der Waals surface area (Å²) < 4.78 is 10.9. The molecule has 4 nitrogen and oxygen atoms in total. The quantitative estimate of drug-likeness (QED) is 0.839. The lowest BCUT2D eigenvalue weighted by Gasteiger charge is -2.40. The maximum atomic E-state index is 9.54. The molecule has 0 spiro atoms. The van der Waals surface area contributed by atoms with Crippen LogP contribution >= 0.6 is 0 Å². The molecule has 0 aromatic heterocycles. The topological polar surface area (TPSA) is 41.9 Å². The van der Waals surface area contributed by atoms with Crippen LogP contribution in [-0.2, 0) is 0 Å². The van der Waals surface area contributed by atoms with E-state index in [1.807, 2.05) is 24.3 Å². The van der Waals surface area contributed by atoms with E-state index < -0.39 is 0 Å². The van der Waals surface area contributed by atoms with Crippen molar-refractivity contribution in [2.24, 2.45) is 5.41 Å². The average molecular weight is 293 g/mol. The van der Waals surface area contributed by atoms with Gasteiger partial charge in [-0.2, -0.15) is 0 Å². The summed E-state index contributed by atoms with van der Waals surface area (Å²) in [5, 5.41) is 9.54. The lowest BCUT2D eigenvalue weighted by atomic mass is 9.77. The van der Waals surface area contributed by atoms with Crippen LogP contribution in [-0.4, -0.2) is 50.0 Å². The summed E-state index contributed by atoms with van der Waals surface area (Å²) in [6, 6.07) is 7.69. The minimum atomic E-state index is 0.160. The number of aliphatic hydroxyl groups excluding tert-OH is 1. The van der Waals surface area contributed by atoms with E-state index in [0.717, 1.165) is 50.4 Å². The molecule has 1 aliphatic rings. The third-order valence-corrected chi connectivity index (χ3v) is 4.74. The fourth-order valence-corrected chi connectivity index (χ4v) is 2.84. The number of ether oxygens (including phenoxy) is 2. The maximum absolute atomic E-state index is 9.54.